The highest BCUT2D eigenvalue weighted by atomic mass is 16.1. The lowest BCUT2D eigenvalue weighted by Crippen LogP contribution is -2.33. The summed E-state index contributed by atoms with van der Waals surface area (Å²) in [5.74, 6) is -0.00249. The van der Waals surface area contributed by atoms with E-state index in [0.717, 1.165) is 53.3 Å². The van der Waals surface area contributed by atoms with Crippen LogP contribution in [0.3, 0.4) is 0 Å². The Labute approximate surface area is 158 Å². The molecule has 2 aromatic heterocycles. The molecule has 1 atom stereocenters. The van der Waals surface area contributed by atoms with Crippen molar-refractivity contribution in [2.75, 3.05) is 0 Å². The van der Waals surface area contributed by atoms with E-state index < -0.39 is 0 Å². The first-order chi connectivity index (χ1) is 13.1. The van der Waals surface area contributed by atoms with E-state index in [2.05, 4.69) is 20.4 Å². The van der Waals surface area contributed by atoms with Crippen molar-refractivity contribution in [3.63, 3.8) is 0 Å². The van der Waals surface area contributed by atoms with Gasteiger partial charge in [0.2, 0.25) is 5.91 Å². The van der Waals surface area contributed by atoms with Crippen LogP contribution in [0.25, 0.3) is 5.69 Å². The summed E-state index contributed by atoms with van der Waals surface area (Å²) in [6.45, 7) is 3.97. The molecule has 3 aromatic rings. The normalized spacial score (nSPS) is 16.0. The average molecular weight is 361 g/mol. The summed E-state index contributed by atoms with van der Waals surface area (Å²) < 4.78 is 1.90. The quantitative estimate of drug-likeness (QED) is 0.775. The number of aromatic nitrogens is 4. The van der Waals surface area contributed by atoms with Crippen molar-refractivity contribution in [1.29, 1.82) is 0 Å². The number of hydrogen-bond donors (Lipinski definition) is 1. The maximum Gasteiger partial charge on any atom is 0.225 e. The Morgan fingerprint density at radius 2 is 1.96 bits per heavy atom. The molecule has 1 aliphatic carbocycles. The van der Waals surface area contributed by atoms with Gasteiger partial charge in [-0.1, -0.05) is 18.2 Å². The molecular formula is C21H23N5O. The molecule has 0 spiro atoms. The Hall–Kier alpha value is -3.02. The van der Waals surface area contributed by atoms with Crippen molar-refractivity contribution in [3.05, 3.63) is 71.1 Å². The van der Waals surface area contributed by atoms with Crippen LogP contribution >= 0.6 is 0 Å². The predicted molar refractivity (Wildman–Crippen MR) is 103 cm³/mol. The summed E-state index contributed by atoms with van der Waals surface area (Å²) in [6.07, 6.45) is 6.57. The Balaban J connectivity index is 1.52. The van der Waals surface area contributed by atoms with E-state index in [0.29, 0.717) is 6.42 Å². The number of aryl methyl sites for hydroxylation is 2. The zero-order valence-electron chi connectivity index (χ0n) is 15.6. The van der Waals surface area contributed by atoms with Crippen molar-refractivity contribution in [2.24, 2.45) is 0 Å². The molecule has 0 fully saturated rings. The summed E-state index contributed by atoms with van der Waals surface area (Å²) in [7, 11) is 0. The van der Waals surface area contributed by atoms with Crippen LogP contribution in [0.1, 0.15) is 47.2 Å². The van der Waals surface area contributed by atoms with Gasteiger partial charge in [-0.05, 0) is 45.2 Å². The van der Waals surface area contributed by atoms with E-state index in [4.69, 9.17) is 0 Å². The van der Waals surface area contributed by atoms with Crippen LogP contribution in [0.2, 0.25) is 0 Å². The number of nitrogens with one attached hydrogen (secondary N) is 1. The van der Waals surface area contributed by atoms with Crippen LogP contribution in [0.15, 0.2) is 42.7 Å². The van der Waals surface area contributed by atoms with Gasteiger partial charge in [0.1, 0.15) is 0 Å². The molecule has 0 saturated carbocycles. The zero-order chi connectivity index (χ0) is 18.8. The van der Waals surface area contributed by atoms with E-state index in [9.17, 15) is 4.79 Å². The second-order valence-corrected chi connectivity index (χ2v) is 6.97. The Morgan fingerprint density at radius 3 is 2.78 bits per heavy atom. The molecule has 1 aliphatic rings. The molecule has 1 aromatic carbocycles. The molecule has 0 unspecified atom stereocenters. The van der Waals surface area contributed by atoms with E-state index in [1.807, 2.05) is 48.9 Å². The summed E-state index contributed by atoms with van der Waals surface area (Å²) in [5.41, 5.74) is 5.77. The fourth-order valence-electron chi connectivity index (χ4n) is 3.77. The lowest BCUT2D eigenvalue weighted by Gasteiger charge is -2.24. The first kappa shape index (κ1) is 17.4. The predicted octanol–water partition coefficient (Wildman–Crippen LogP) is 3.02. The number of nitrogens with zero attached hydrogens (tertiary/aromatic N) is 4. The van der Waals surface area contributed by atoms with E-state index in [1.165, 1.54) is 0 Å². The van der Waals surface area contributed by atoms with Gasteiger partial charge in [-0.25, -0.2) is 4.68 Å². The molecule has 0 saturated heterocycles. The number of amides is 1. The van der Waals surface area contributed by atoms with Crippen LogP contribution in [0.5, 0.6) is 0 Å². The van der Waals surface area contributed by atoms with E-state index in [-0.39, 0.29) is 11.9 Å². The highest BCUT2D eigenvalue weighted by Gasteiger charge is 2.25. The maximum absolute atomic E-state index is 12.7. The van der Waals surface area contributed by atoms with Crippen LogP contribution in [-0.2, 0) is 17.6 Å². The number of hydrogen-bond acceptors (Lipinski definition) is 4. The average Bonchev–Trinajstić information content (AvgIpc) is 2.97. The lowest BCUT2D eigenvalue weighted by atomic mass is 9.95. The topological polar surface area (TPSA) is 72.7 Å². The van der Waals surface area contributed by atoms with Gasteiger partial charge in [0.25, 0.3) is 0 Å². The minimum atomic E-state index is -0.0558. The molecule has 138 valence electrons. The SMILES string of the molecule is Cc1nn(-c2ccccc2)c(C)c1CC(=O)N[C@H]1CCCc2nccnc21. The van der Waals surface area contributed by atoms with Gasteiger partial charge < -0.3 is 5.32 Å². The summed E-state index contributed by atoms with van der Waals surface area (Å²) in [5, 5.41) is 7.78. The number of benzene rings is 1. The van der Waals surface area contributed by atoms with Crippen molar-refractivity contribution in [1.82, 2.24) is 25.1 Å². The third-order valence-corrected chi connectivity index (χ3v) is 5.16. The zero-order valence-corrected chi connectivity index (χ0v) is 15.6. The number of rotatable bonds is 4. The molecule has 0 bridgehead atoms. The summed E-state index contributed by atoms with van der Waals surface area (Å²) in [4.78, 5) is 21.6. The molecule has 1 N–H and O–H groups in total. The first-order valence-corrected chi connectivity index (χ1v) is 9.33. The minimum Gasteiger partial charge on any atom is -0.347 e. The molecule has 2 heterocycles. The van der Waals surface area contributed by atoms with Gasteiger partial charge in [0, 0.05) is 23.7 Å². The van der Waals surface area contributed by atoms with Crippen LogP contribution in [0, 0.1) is 13.8 Å². The largest absolute Gasteiger partial charge is 0.347 e. The number of para-hydroxylation sites is 1. The Morgan fingerprint density at radius 1 is 1.19 bits per heavy atom. The minimum absolute atomic E-state index is 0.00249. The van der Waals surface area contributed by atoms with Gasteiger partial charge in [-0.3, -0.25) is 14.8 Å². The van der Waals surface area contributed by atoms with Crippen molar-refractivity contribution < 1.29 is 4.79 Å². The van der Waals surface area contributed by atoms with Crippen LogP contribution in [0.4, 0.5) is 0 Å². The smallest absolute Gasteiger partial charge is 0.225 e. The third kappa shape index (κ3) is 3.47. The fraction of sp³-hybridized carbons (Fsp3) is 0.333. The highest BCUT2D eigenvalue weighted by molar-refractivity contribution is 5.79. The molecular weight excluding hydrogens is 338 g/mol. The first-order valence-electron chi connectivity index (χ1n) is 9.33. The van der Waals surface area contributed by atoms with Crippen LogP contribution in [-0.4, -0.2) is 25.7 Å². The molecule has 0 radical (unpaired) electrons. The third-order valence-electron chi connectivity index (χ3n) is 5.16. The number of carbonyl (C=O) groups is 1. The van der Waals surface area contributed by atoms with Gasteiger partial charge >= 0.3 is 0 Å². The van der Waals surface area contributed by atoms with E-state index >= 15 is 0 Å². The lowest BCUT2D eigenvalue weighted by molar-refractivity contribution is -0.121. The highest BCUT2D eigenvalue weighted by Crippen LogP contribution is 2.26. The number of carbonyl (C=O) groups excluding carboxylic acids is 1. The van der Waals surface area contributed by atoms with Gasteiger partial charge in [-0.2, -0.15) is 5.10 Å². The second kappa shape index (κ2) is 7.31. The molecule has 1 amide bonds. The summed E-state index contributed by atoms with van der Waals surface area (Å²) >= 11 is 0. The van der Waals surface area contributed by atoms with Gasteiger partial charge in [-0.15, -0.1) is 0 Å². The van der Waals surface area contributed by atoms with Crippen molar-refractivity contribution >= 4 is 5.91 Å². The molecule has 6 heteroatoms. The number of fused-ring (bicyclic) bond motifs is 1. The second-order valence-electron chi connectivity index (χ2n) is 6.97. The Kier molecular flexibility index (Phi) is 4.71. The fourth-order valence-corrected chi connectivity index (χ4v) is 3.77. The van der Waals surface area contributed by atoms with Crippen LogP contribution < -0.4 is 5.32 Å². The maximum atomic E-state index is 12.7. The van der Waals surface area contributed by atoms with Gasteiger partial charge in [0.05, 0.1) is 35.2 Å². The van der Waals surface area contributed by atoms with E-state index in [1.54, 1.807) is 12.4 Å². The van der Waals surface area contributed by atoms with Gasteiger partial charge in [0.15, 0.2) is 0 Å². The molecule has 0 aliphatic heterocycles. The molecule has 27 heavy (non-hydrogen) atoms. The van der Waals surface area contributed by atoms with Crippen molar-refractivity contribution in [3.8, 4) is 5.69 Å². The van der Waals surface area contributed by atoms with Crippen molar-refractivity contribution in [2.45, 2.75) is 45.6 Å². The monoisotopic (exact) mass is 361 g/mol. The standard InChI is InChI=1S/C21H23N5O/c1-14-17(15(2)26(25-14)16-7-4-3-5-8-16)13-20(27)24-19-10-6-9-18-21(19)23-12-11-22-18/h3-5,7-8,11-12,19H,6,9-10,13H2,1-2H3,(H,24,27)/t19-/m0/s1. The molecule has 4 rings (SSSR count). The summed E-state index contributed by atoms with van der Waals surface area (Å²) in [6, 6.07) is 9.93. The molecule has 6 nitrogen and oxygen atoms in total. The Bertz CT molecular complexity index is 964.